The van der Waals surface area contributed by atoms with Crippen LogP contribution >= 0.6 is 0 Å². The number of ketones is 1. The quantitative estimate of drug-likeness (QED) is 0.393. The van der Waals surface area contributed by atoms with E-state index in [1.807, 2.05) is 6.92 Å². The van der Waals surface area contributed by atoms with Crippen LogP contribution in [0.4, 0.5) is 0 Å². The van der Waals surface area contributed by atoms with Crippen LogP contribution in [-0.2, 0) is 14.3 Å². The monoisotopic (exact) mass is 484 g/mol. The minimum atomic E-state index is -0.388. The fourth-order valence-corrected chi connectivity index (χ4v) is 11.0. The van der Waals surface area contributed by atoms with E-state index in [1.54, 1.807) is 7.11 Å². The summed E-state index contributed by atoms with van der Waals surface area (Å²) < 4.78 is 5.30. The number of fused-ring (bicyclic) bond motifs is 7. The highest BCUT2D eigenvalue weighted by Crippen LogP contribution is 2.78. The number of allylic oxidation sites excluding steroid dienone is 2. The maximum Gasteiger partial charge on any atom is 0.311 e. The highest BCUT2D eigenvalue weighted by Gasteiger charge is 2.71. The highest BCUT2D eigenvalue weighted by molar-refractivity contribution is 5.95. The first-order valence-corrected chi connectivity index (χ1v) is 14.1. The second kappa shape index (κ2) is 7.38. The van der Waals surface area contributed by atoms with Gasteiger partial charge in [-0.15, -0.1) is 0 Å². The largest absolute Gasteiger partial charge is 0.504 e. The molecule has 4 heteroatoms. The Bertz CT molecular complexity index is 998. The van der Waals surface area contributed by atoms with Crippen LogP contribution in [0.3, 0.4) is 0 Å². The van der Waals surface area contributed by atoms with Crippen LogP contribution in [0.25, 0.3) is 0 Å². The first-order valence-electron chi connectivity index (χ1n) is 14.1. The van der Waals surface area contributed by atoms with Crippen LogP contribution in [0, 0.1) is 50.2 Å². The number of hydrogen-bond donors (Lipinski definition) is 1. The van der Waals surface area contributed by atoms with Gasteiger partial charge in [0.25, 0.3) is 0 Å². The van der Waals surface area contributed by atoms with E-state index in [2.05, 4.69) is 41.5 Å². The van der Waals surface area contributed by atoms with Crippen molar-refractivity contribution in [3.63, 3.8) is 0 Å². The predicted octanol–water partition coefficient (Wildman–Crippen LogP) is 7.42. The molecule has 0 radical (unpaired) electrons. The van der Waals surface area contributed by atoms with Crippen molar-refractivity contribution in [2.24, 2.45) is 50.2 Å². The molecule has 9 atom stereocenters. The van der Waals surface area contributed by atoms with Crippen molar-refractivity contribution < 1.29 is 19.4 Å². The summed E-state index contributed by atoms with van der Waals surface area (Å²) in [6, 6.07) is 0. The van der Waals surface area contributed by atoms with Gasteiger partial charge in [0.05, 0.1) is 12.5 Å². The Morgan fingerprint density at radius 2 is 1.46 bits per heavy atom. The Morgan fingerprint density at radius 3 is 2.11 bits per heavy atom. The lowest BCUT2D eigenvalue weighted by Gasteiger charge is -2.74. The molecule has 1 N–H and O–H groups in total. The molecule has 0 amide bonds. The van der Waals surface area contributed by atoms with E-state index in [9.17, 15) is 14.7 Å². The van der Waals surface area contributed by atoms with Crippen molar-refractivity contribution in [2.75, 3.05) is 7.11 Å². The summed E-state index contributed by atoms with van der Waals surface area (Å²) in [6.07, 6.45) is 10.4. The third-order valence-corrected chi connectivity index (χ3v) is 13.8. The van der Waals surface area contributed by atoms with Gasteiger partial charge in [0.1, 0.15) is 0 Å². The molecular weight excluding hydrogens is 436 g/mol. The fourth-order valence-electron chi connectivity index (χ4n) is 11.0. The van der Waals surface area contributed by atoms with Gasteiger partial charge in [-0.25, -0.2) is 0 Å². The van der Waals surface area contributed by atoms with E-state index >= 15 is 0 Å². The Labute approximate surface area is 212 Å². The zero-order chi connectivity index (χ0) is 25.8. The Kier molecular flexibility index (Phi) is 5.34. The molecule has 0 aromatic rings. The molecule has 0 aliphatic heterocycles. The molecule has 0 unspecified atom stereocenters. The van der Waals surface area contributed by atoms with Crippen LogP contribution in [-0.4, -0.2) is 24.0 Å². The van der Waals surface area contributed by atoms with E-state index in [4.69, 9.17) is 4.74 Å². The number of Topliss-reactive ketones (excluding diaryl/α,β-unsaturated/α-hetero) is 1. The summed E-state index contributed by atoms with van der Waals surface area (Å²) in [6.45, 7) is 16.6. The maximum atomic E-state index is 12.9. The van der Waals surface area contributed by atoms with Crippen LogP contribution in [0.2, 0.25) is 0 Å². The van der Waals surface area contributed by atoms with Gasteiger partial charge in [-0.2, -0.15) is 0 Å². The second-order valence-corrected chi connectivity index (χ2v) is 15.0. The van der Waals surface area contributed by atoms with Crippen LogP contribution < -0.4 is 0 Å². The van der Waals surface area contributed by atoms with E-state index in [1.165, 1.54) is 12.8 Å². The molecule has 0 spiro atoms. The van der Waals surface area contributed by atoms with Gasteiger partial charge in [-0.05, 0) is 122 Å². The molecule has 5 aliphatic rings. The zero-order valence-corrected chi connectivity index (χ0v) is 23.5. The van der Waals surface area contributed by atoms with E-state index < -0.39 is 0 Å². The topological polar surface area (TPSA) is 63.6 Å². The summed E-state index contributed by atoms with van der Waals surface area (Å²) in [5.41, 5.74) is 1.16. The molecule has 35 heavy (non-hydrogen) atoms. The molecule has 0 aromatic carbocycles. The molecule has 5 rings (SSSR count). The van der Waals surface area contributed by atoms with Gasteiger partial charge in [0.2, 0.25) is 0 Å². The molecule has 0 aromatic heterocycles. The molecule has 0 saturated heterocycles. The molecule has 5 aliphatic carbocycles. The highest BCUT2D eigenvalue weighted by atomic mass is 16.5. The van der Waals surface area contributed by atoms with E-state index in [-0.39, 0.29) is 50.0 Å². The third-order valence-electron chi connectivity index (χ3n) is 13.8. The van der Waals surface area contributed by atoms with Crippen molar-refractivity contribution in [1.82, 2.24) is 0 Å². The lowest BCUT2D eigenvalue weighted by Crippen LogP contribution is -2.67. The lowest BCUT2D eigenvalue weighted by molar-refractivity contribution is -0.249. The van der Waals surface area contributed by atoms with Crippen LogP contribution in [0.5, 0.6) is 0 Å². The summed E-state index contributed by atoms with van der Waals surface area (Å²) in [5, 5.41) is 10.6. The zero-order valence-electron chi connectivity index (χ0n) is 23.5. The number of rotatable bonds is 1. The maximum absolute atomic E-state index is 12.9. The predicted molar refractivity (Wildman–Crippen MR) is 138 cm³/mol. The molecular formula is C31H48O4. The van der Waals surface area contributed by atoms with Crippen molar-refractivity contribution in [1.29, 1.82) is 0 Å². The number of methoxy groups -OCH3 is 1. The second-order valence-electron chi connectivity index (χ2n) is 15.0. The minimum Gasteiger partial charge on any atom is -0.504 e. The first-order chi connectivity index (χ1) is 16.1. The molecule has 4 nitrogen and oxygen atoms in total. The van der Waals surface area contributed by atoms with Crippen LogP contribution in [0.1, 0.15) is 113 Å². The number of aliphatic hydroxyl groups excluding tert-OH is 1. The number of ether oxygens (including phenoxy) is 1. The minimum absolute atomic E-state index is 0.0349. The number of aliphatic hydroxyl groups is 1. The Morgan fingerprint density at radius 1 is 0.857 bits per heavy atom. The smallest absolute Gasteiger partial charge is 0.311 e. The van der Waals surface area contributed by atoms with Crippen LogP contribution in [0.15, 0.2) is 11.3 Å². The Hall–Kier alpha value is -1.32. The van der Waals surface area contributed by atoms with Gasteiger partial charge in [-0.3, -0.25) is 9.59 Å². The van der Waals surface area contributed by atoms with Crippen molar-refractivity contribution in [3.8, 4) is 0 Å². The number of hydrogen-bond acceptors (Lipinski definition) is 4. The molecule has 0 heterocycles. The first kappa shape index (κ1) is 25.3. The molecule has 4 fully saturated rings. The van der Waals surface area contributed by atoms with Crippen molar-refractivity contribution in [3.05, 3.63) is 11.3 Å². The normalized spacial score (nSPS) is 53.7. The molecule has 0 bridgehead atoms. The van der Waals surface area contributed by atoms with E-state index in [0.29, 0.717) is 24.2 Å². The number of carbonyl (C=O) groups is 2. The van der Waals surface area contributed by atoms with Gasteiger partial charge >= 0.3 is 5.97 Å². The summed E-state index contributed by atoms with van der Waals surface area (Å²) in [7, 11) is 1.54. The summed E-state index contributed by atoms with van der Waals surface area (Å²) in [5.74, 6) is 1.30. The van der Waals surface area contributed by atoms with Crippen molar-refractivity contribution in [2.45, 2.75) is 113 Å². The Balaban J connectivity index is 1.56. The number of carbonyl (C=O) groups excluding carboxylic acids is 2. The molecule has 4 saturated carbocycles. The average molecular weight is 485 g/mol. The third kappa shape index (κ3) is 2.98. The van der Waals surface area contributed by atoms with Gasteiger partial charge in [-0.1, -0.05) is 34.6 Å². The standard InChI is InChI=1S/C31H48O4/c1-19-24(33)20(32)17-22-28(19,4)10-9-21-29(22,5)14-16-31(7)23-18-27(3,25(34)35-8)12-11-26(23,2)13-15-30(21,31)6/h21-23,33H,9-18H2,1-8H3/t21-,22+,23+,26+,27+,28+,29+,30+,31-/m0/s1. The summed E-state index contributed by atoms with van der Waals surface area (Å²) >= 11 is 0. The number of esters is 1. The molecule has 196 valence electrons. The van der Waals surface area contributed by atoms with E-state index in [0.717, 1.165) is 50.5 Å². The summed E-state index contributed by atoms with van der Waals surface area (Å²) in [4.78, 5) is 25.8. The average Bonchev–Trinajstić information content (AvgIpc) is 2.81. The van der Waals surface area contributed by atoms with Crippen molar-refractivity contribution >= 4 is 11.8 Å². The lowest BCUT2D eigenvalue weighted by atomic mass is 9.30. The van der Waals surface area contributed by atoms with Gasteiger partial charge in [0, 0.05) is 6.42 Å². The van der Waals surface area contributed by atoms with Gasteiger partial charge in [0.15, 0.2) is 11.5 Å². The van der Waals surface area contributed by atoms with Gasteiger partial charge < -0.3 is 9.84 Å². The fraction of sp³-hybridized carbons (Fsp3) is 0.871. The SMILES string of the molecule is COC(=O)[C@]1(C)CC[C@]2(C)CC[C@]3(C)[C@H]4CC[C@]5(C)C(C)=C(O)C(=O)C[C@H]5[C@]4(C)CC[C@@]3(C)[C@@H]2C1.